The maximum absolute atomic E-state index is 6.96. The van der Waals surface area contributed by atoms with Crippen LogP contribution in [0.1, 0.15) is 33.4 Å². The number of para-hydroxylation sites is 6. The Morgan fingerprint density at radius 3 is 0.902 bits per heavy atom. The molecule has 396 valence electrons. The second kappa shape index (κ2) is 20.4. The summed E-state index contributed by atoms with van der Waals surface area (Å²) in [5.74, 6) is 0. The fourth-order valence-electron chi connectivity index (χ4n) is 12.1. The smallest absolute Gasteiger partial charge is 0.178 e. The van der Waals surface area contributed by atoms with Gasteiger partial charge in [-0.2, -0.15) is 0 Å². The molecule has 14 aromatic rings. The van der Waals surface area contributed by atoms with Crippen LogP contribution in [0.5, 0.6) is 0 Å². The normalized spacial score (nSPS) is 11.5. The molecule has 0 aliphatic rings. The molecule has 82 heavy (non-hydrogen) atoms. The number of hydrogen-bond donors (Lipinski definition) is 0. The summed E-state index contributed by atoms with van der Waals surface area (Å²) in [6.45, 7) is 13.1. The molecule has 0 spiro atoms. The number of rotatable bonds is 12. The first-order chi connectivity index (χ1) is 40.1. The van der Waals surface area contributed by atoms with Crippen molar-refractivity contribution in [2.75, 3.05) is 19.6 Å². The summed E-state index contributed by atoms with van der Waals surface area (Å²) in [6.07, 6.45) is 0. The van der Waals surface area contributed by atoms with Crippen molar-refractivity contribution in [3.8, 4) is 0 Å². The molecule has 0 saturated heterocycles. The summed E-state index contributed by atoms with van der Waals surface area (Å²) >= 11 is 0. The number of benzene rings is 12. The third kappa shape index (κ3) is 8.68. The Balaban J connectivity index is 0.835. The van der Waals surface area contributed by atoms with Crippen LogP contribution in [0.15, 0.2) is 264 Å². The molecule has 0 bridgehead atoms. The van der Waals surface area contributed by atoms with Gasteiger partial charge in [0.15, 0.2) is 11.2 Å². The Kier molecular flexibility index (Phi) is 12.4. The molecule has 0 fully saturated rings. The molecule has 0 N–H and O–H groups in total. The van der Waals surface area contributed by atoms with Crippen LogP contribution in [-0.4, -0.2) is 0 Å². The van der Waals surface area contributed by atoms with E-state index in [0.717, 1.165) is 128 Å². The lowest BCUT2D eigenvalue weighted by Crippen LogP contribution is -2.14. The molecule has 0 atom stereocenters. The SMILES string of the molecule is Cc1ccccc1N(c1ccc(N(c2ccccc2C)c2ccccc2C)cc1)c1ccc2cc3c(cc2c1)oc1c3ccc2c3ccc(N(c4ccc(N(c5ccccc5C)c5ccccc5C)cc4)c4ccccc4C)cc3oc21. The van der Waals surface area contributed by atoms with Gasteiger partial charge in [-0.05, 0) is 219 Å². The quantitative estimate of drug-likeness (QED) is 0.121. The molecular formula is C76H60N4O2. The maximum Gasteiger partial charge on any atom is 0.178 e. The van der Waals surface area contributed by atoms with Gasteiger partial charge in [0, 0.05) is 95.9 Å². The number of fused-ring (bicyclic) bond motifs is 8. The van der Waals surface area contributed by atoms with E-state index >= 15 is 0 Å². The number of furan rings is 2. The molecule has 0 saturated carbocycles. The first-order valence-corrected chi connectivity index (χ1v) is 28.1. The topological polar surface area (TPSA) is 39.2 Å². The Labute approximate surface area is 478 Å². The number of aryl methyl sites for hydroxylation is 6. The largest absolute Gasteiger partial charge is 0.452 e. The van der Waals surface area contributed by atoms with E-state index in [2.05, 4.69) is 316 Å². The summed E-state index contributed by atoms with van der Waals surface area (Å²) in [5.41, 5.74) is 23.4. The molecule has 2 heterocycles. The highest BCUT2D eigenvalue weighted by atomic mass is 16.4. The monoisotopic (exact) mass is 1060 g/mol. The van der Waals surface area contributed by atoms with E-state index in [9.17, 15) is 0 Å². The lowest BCUT2D eigenvalue weighted by molar-refractivity contribution is 0.633. The number of hydrogen-bond acceptors (Lipinski definition) is 6. The minimum absolute atomic E-state index is 0.738. The van der Waals surface area contributed by atoms with Crippen molar-refractivity contribution in [3.05, 3.63) is 288 Å². The maximum atomic E-state index is 6.96. The molecule has 6 nitrogen and oxygen atoms in total. The van der Waals surface area contributed by atoms with Crippen molar-refractivity contribution in [1.29, 1.82) is 0 Å². The average Bonchev–Trinajstić information content (AvgIpc) is 4.05. The Morgan fingerprint density at radius 1 is 0.220 bits per heavy atom. The molecule has 0 aliphatic carbocycles. The first-order valence-electron chi connectivity index (χ1n) is 28.1. The highest BCUT2D eigenvalue weighted by Crippen LogP contribution is 2.47. The van der Waals surface area contributed by atoms with Crippen molar-refractivity contribution in [1.82, 2.24) is 0 Å². The third-order valence-corrected chi connectivity index (χ3v) is 16.4. The van der Waals surface area contributed by atoms with E-state index in [1.165, 1.54) is 27.8 Å². The first kappa shape index (κ1) is 50.0. The molecule has 0 amide bonds. The van der Waals surface area contributed by atoms with E-state index in [-0.39, 0.29) is 0 Å². The van der Waals surface area contributed by atoms with Crippen LogP contribution in [0.4, 0.5) is 68.2 Å². The van der Waals surface area contributed by atoms with Gasteiger partial charge in [0.25, 0.3) is 0 Å². The summed E-state index contributed by atoms with van der Waals surface area (Å²) in [4.78, 5) is 9.42. The van der Waals surface area contributed by atoms with Gasteiger partial charge in [-0.1, -0.05) is 115 Å². The van der Waals surface area contributed by atoms with Gasteiger partial charge in [0.2, 0.25) is 0 Å². The molecule has 12 aromatic carbocycles. The van der Waals surface area contributed by atoms with E-state index in [1.54, 1.807) is 0 Å². The van der Waals surface area contributed by atoms with Gasteiger partial charge in [-0.3, -0.25) is 0 Å². The van der Waals surface area contributed by atoms with Crippen LogP contribution < -0.4 is 19.6 Å². The highest BCUT2D eigenvalue weighted by Gasteiger charge is 2.24. The zero-order valence-corrected chi connectivity index (χ0v) is 46.9. The Hall–Kier alpha value is -10.3. The number of nitrogens with zero attached hydrogens (tertiary/aromatic N) is 4. The van der Waals surface area contributed by atoms with E-state index in [1.807, 2.05) is 0 Å². The van der Waals surface area contributed by atoms with Crippen molar-refractivity contribution in [2.24, 2.45) is 0 Å². The van der Waals surface area contributed by atoms with Gasteiger partial charge in [-0.15, -0.1) is 0 Å². The summed E-state index contributed by atoms with van der Waals surface area (Å²) in [7, 11) is 0. The van der Waals surface area contributed by atoms with Gasteiger partial charge in [0.1, 0.15) is 11.2 Å². The third-order valence-electron chi connectivity index (χ3n) is 16.4. The predicted octanol–water partition coefficient (Wildman–Crippen LogP) is 22.4. The molecule has 6 heteroatoms. The zero-order chi connectivity index (χ0) is 55.6. The second-order valence-electron chi connectivity index (χ2n) is 21.7. The fraction of sp³-hybridized carbons (Fsp3) is 0.0789. The standard InChI is InChI=1S/C76H60N4O2/c1-49-19-7-13-25-67(49)77(57-33-37-59(38-34-57)79(69-27-15-9-21-51(69)3)70-28-16-10-22-52(70)4)61-32-31-55-46-66-65-44-43-64-63-42-41-62(48-74(63)82-75(64)76(65)81-73(66)47-56(55)45-61)78(68-26-14-8-20-50(68)2)58-35-39-60(40-36-58)80(71-29-17-11-23-53(71)5)72-30-18-12-24-54(72)6/h7-48H,1-6H3. The van der Waals surface area contributed by atoms with Crippen LogP contribution in [0.25, 0.3) is 54.6 Å². The van der Waals surface area contributed by atoms with Crippen LogP contribution in [0.2, 0.25) is 0 Å². The van der Waals surface area contributed by atoms with Crippen LogP contribution in [0, 0.1) is 41.5 Å². The second-order valence-corrected chi connectivity index (χ2v) is 21.7. The number of anilines is 12. The van der Waals surface area contributed by atoms with Gasteiger partial charge < -0.3 is 28.4 Å². The summed E-state index contributed by atoms with van der Waals surface area (Å²) < 4.78 is 13.9. The van der Waals surface area contributed by atoms with Gasteiger partial charge >= 0.3 is 0 Å². The molecule has 0 unspecified atom stereocenters. The molecule has 14 rings (SSSR count). The highest BCUT2D eigenvalue weighted by molar-refractivity contribution is 6.20. The Morgan fingerprint density at radius 2 is 0.512 bits per heavy atom. The predicted molar refractivity (Wildman–Crippen MR) is 346 cm³/mol. The van der Waals surface area contributed by atoms with Crippen LogP contribution >= 0.6 is 0 Å². The van der Waals surface area contributed by atoms with Crippen molar-refractivity contribution in [3.63, 3.8) is 0 Å². The zero-order valence-electron chi connectivity index (χ0n) is 46.9. The van der Waals surface area contributed by atoms with E-state index in [4.69, 9.17) is 8.83 Å². The summed E-state index contributed by atoms with van der Waals surface area (Å²) in [6, 6.07) is 91.6. The average molecular weight is 1060 g/mol. The lowest BCUT2D eigenvalue weighted by Gasteiger charge is -2.30. The summed E-state index contributed by atoms with van der Waals surface area (Å²) in [5, 5.41) is 6.33. The minimum atomic E-state index is 0.738. The van der Waals surface area contributed by atoms with Gasteiger partial charge in [0.05, 0.1) is 0 Å². The molecule has 0 aliphatic heterocycles. The minimum Gasteiger partial charge on any atom is -0.452 e. The fourth-order valence-corrected chi connectivity index (χ4v) is 12.1. The Bertz CT molecular complexity index is 4650. The molecule has 0 radical (unpaired) electrons. The van der Waals surface area contributed by atoms with Crippen molar-refractivity contribution < 1.29 is 8.83 Å². The van der Waals surface area contributed by atoms with Gasteiger partial charge in [-0.25, -0.2) is 0 Å². The van der Waals surface area contributed by atoms with Crippen molar-refractivity contribution in [2.45, 2.75) is 41.5 Å². The van der Waals surface area contributed by atoms with Crippen molar-refractivity contribution >= 4 is 123 Å². The van der Waals surface area contributed by atoms with E-state index < -0.39 is 0 Å². The van der Waals surface area contributed by atoms with Crippen LogP contribution in [0.3, 0.4) is 0 Å². The lowest BCUT2D eigenvalue weighted by atomic mass is 10.0. The van der Waals surface area contributed by atoms with E-state index in [0.29, 0.717) is 0 Å². The van der Waals surface area contributed by atoms with Crippen LogP contribution in [-0.2, 0) is 0 Å². The molecule has 2 aromatic heterocycles. The molecular weight excluding hydrogens is 1000 g/mol.